The zero-order valence-corrected chi connectivity index (χ0v) is 30.6. The van der Waals surface area contributed by atoms with Crippen molar-refractivity contribution in [1.82, 2.24) is 0 Å². The predicted molar refractivity (Wildman–Crippen MR) is 204 cm³/mol. The van der Waals surface area contributed by atoms with Crippen LogP contribution in [-0.2, 0) is 33.4 Å². The largest absolute Gasteiger partial charge is 0.490 e. The Balaban J connectivity index is 1.47. The molecule has 0 spiro atoms. The van der Waals surface area contributed by atoms with E-state index in [0.29, 0.717) is 36.5 Å². The van der Waals surface area contributed by atoms with Gasteiger partial charge in [0.25, 0.3) is 0 Å². The lowest BCUT2D eigenvalue weighted by molar-refractivity contribution is -0.148. The number of unbranched alkanes of at least 4 members (excludes halogenated alkanes) is 1. The minimum absolute atomic E-state index is 0.0185. The fraction of sp³-hybridized carbons (Fsp3) is 0.262. The molecule has 1 atom stereocenters. The summed E-state index contributed by atoms with van der Waals surface area (Å²) in [4.78, 5) is 47.9. The first kappa shape index (κ1) is 42.1. The molecule has 0 bridgehead atoms. The van der Waals surface area contributed by atoms with Crippen molar-refractivity contribution in [2.75, 3.05) is 26.4 Å². The highest BCUT2D eigenvalue weighted by molar-refractivity contribution is 5.92. The highest BCUT2D eigenvalue weighted by Gasteiger charge is 2.15. The third-order valence-corrected chi connectivity index (χ3v) is 6.86. The van der Waals surface area contributed by atoms with Gasteiger partial charge in [-0.2, -0.15) is 0 Å². The fourth-order valence-electron chi connectivity index (χ4n) is 4.36. The summed E-state index contributed by atoms with van der Waals surface area (Å²) in [6.45, 7) is 13.4. The van der Waals surface area contributed by atoms with E-state index in [1.807, 2.05) is 45.0 Å². The normalized spacial score (nSPS) is 11.7. The van der Waals surface area contributed by atoms with Gasteiger partial charge in [-0.1, -0.05) is 37.4 Å². The number of benzene rings is 3. The van der Waals surface area contributed by atoms with Crippen LogP contribution in [0.2, 0.25) is 0 Å². The first-order valence-electron chi connectivity index (χ1n) is 17.0. The van der Waals surface area contributed by atoms with E-state index in [1.165, 1.54) is 30.4 Å². The van der Waals surface area contributed by atoms with E-state index in [-0.39, 0.29) is 42.5 Å². The Kier molecular flexibility index (Phi) is 17.1. The van der Waals surface area contributed by atoms with Crippen LogP contribution >= 0.6 is 0 Å². The van der Waals surface area contributed by atoms with Crippen LogP contribution in [0.3, 0.4) is 0 Å². The maximum absolute atomic E-state index is 12.6. The topological polar surface area (TPSA) is 157 Å². The van der Waals surface area contributed by atoms with Crippen LogP contribution < -0.4 is 18.9 Å². The Morgan fingerprint density at radius 2 is 1.28 bits per heavy atom. The molecule has 0 saturated heterocycles. The predicted octanol–water partition coefficient (Wildman–Crippen LogP) is 7.10. The van der Waals surface area contributed by atoms with Crippen molar-refractivity contribution in [2.45, 2.75) is 45.3 Å². The van der Waals surface area contributed by atoms with Crippen LogP contribution in [0.25, 0.3) is 12.2 Å². The number of carbonyl (C=O) groups is 4. The van der Waals surface area contributed by atoms with Crippen LogP contribution in [0.15, 0.2) is 104 Å². The molecule has 0 saturated carbocycles. The number of ether oxygens (including phenoxy) is 7. The van der Waals surface area contributed by atoms with E-state index in [4.69, 9.17) is 38.6 Å². The van der Waals surface area contributed by atoms with Gasteiger partial charge in [-0.05, 0) is 99.4 Å². The molecule has 0 aromatic heterocycles. The van der Waals surface area contributed by atoms with Gasteiger partial charge in [-0.25, -0.2) is 19.2 Å². The van der Waals surface area contributed by atoms with Gasteiger partial charge in [0, 0.05) is 42.7 Å². The summed E-state index contributed by atoms with van der Waals surface area (Å²) in [5.41, 5.74) is 1.37. The van der Waals surface area contributed by atoms with Gasteiger partial charge in [0.1, 0.15) is 35.2 Å². The van der Waals surface area contributed by atoms with Crippen molar-refractivity contribution in [1.29, 1.82) is 5.41 Å². The number of esters is 4. The second-order valence-corrected chi connectivity index (χ2v) is 12.4. The second kappa shape index (κ2) is 21.9. The Hall–Kier alpha value is -6.27. The fourth-order valence-corrected chi connectivity index (χ4v) is 4.36. The monoisotopic (exact) mass is 739 g/mol. The van der Waals surface area contributed by atoms with Gasteiger partial charge in [0.05, 0.1) is 13.2 Å². The van der Waals surface area contributed by atoms with Crippen molar-refractivity contribution < 1.29 is 52.3 Å². The Bertz CT molecular complexity index is 1800. The molecule has 3 aromatic rings. The van der Waals surface area contributed by atoms with Crippen molar-refractivity contribution >= 4 is 42.2 Å². The molecule has 54 heavy (non-hydrogen) atoms. The van der Waals surface area contributed by atoms with Crippen molar-refractivity contribution in [3.8, 4) is 23.0 Å². The summed E-state index contributed by atoms with van der Waals surface area (Å²) in [7, 11) is 0. The lowest BCUT2D eigenvalue weighted by Gasteiger charge is -2.21. The van der Waals surface area contributed by atoms with E-state index < -0.39 is 30.0 Å². The molecule has 3 aromatic carbocycles. The second-order valence-electron chi connectivity index (χ2n) is 12.4. The number of nitrogens with one attached hydrogen (secondary N) is 1. The summed E-state index contributed by atoms with van der Waals surface area (Å²) in [5.74, 6) is -0.907. The summed E-state index contributed by atoms with van der Waals surface area (Å²) >= 11 is 0. The number of hydrogen-bond donors (Lipinski definition) is 1. The van der Waals surface area contributed by atoms with Gasteiger partial charge in [-0.15, -0.1) is 0 Å². The standard InChI is InChI=1S/C42H45NO11/c1-6-38(44)49-25-9-8-24-48-28-36(52-39(45)7-2)29-50-33-16-10-30(11-17-33)15-23-41(47)53-37-21-20-35(26-32(37)27-43)51-40(46)22-14-31-12-18-34(19-13-31)54-42(3,4)5/h6-7,10-23,26-27,36,43H,1-2,8-9,24-25,28-29H2,3-5H3/b22-14+,23-15+,43-27?. The summed E-state index contributed by atoms with van der Waals surface area (Å²) in [6, 6.07) is 18.4. The van der Waals surface area contributed by atoms with E-state index in [1.54, 1.807) is 36.4 Å². The van der Waals surface area contributed by atoms with E-state index >= 15 is 0 Å². The quantitative estimate of drug-likeness (QED) is 0.0391. The Morgan fingerprint density at radius 3 is 1.87 bits per heavy atom. The maximum atomic E-state index is 12.6. The van der Waals surface area contributed by atoms with Crippen LogP contribution in [0.4, 0.5) is 0 Å². The Labute approximate surface area is 315 Å². The third-order valence-electron chi connectivity index (χ3n) is 6.86. The smallest absolute Gasteiger partial charge is 0.336 e. The molecule has 0 radical (unpaired) electrons. The van der Waals surface area contributed by atoms with E-state index in [9.17, 15) is 19.2 Å². The van der Waals surface area contributed by atoms with Gasteiger partial charge < -0.3 is 38.6 Å². The van der Waals surface area contributed by atoms with E-state index in [0.717, 1.165) is 23.9 Å². The molecule has 0 aliphatic rings. The minimum Gasteiger partial charge on any atom is -0.490 e. The summed E-state index contributed by atoms with van der Waals surface area (Å²) in [5, 5.41) is 7.75. The zero-order chi connectivity index (χ0) is 39.3. The number of hydrogen-bond acceptors (Lipinski definition) is 12. The van der Waals surface area contributed by atoms with E-state index in [2.05, 4.69) is 13.2 Å². The molecule has 0 amide bonds. The molecule has 3 rings (SSSR count). The lowest BCUT2D eigenvalue weighted by Crippen LogP contribution is -2.29. The molecule has 1 N–H and O–H groups in total. The molecular formula is C42H45NO11. The SMILES string of the molecule is C=CC(=O)OCCCCOCC(COc1ccc(/C=C/C(=O)Oc2ccc(OC(=O)/C=C/c3ccc(OC(C)(C)C)cc3)cc2C=N)cc1)OC(=O)C=C. The van der Waals surface area contributed by atoms with Gasteiger partial charge in [0.15, 0.2) is 6.10 Å². The van der Waals surface area contributed by atoms with Crippen LogP contribution in [0.1, 0.15) is 50.3 Å². The zero-order valence-electron chi connectivity index (χ0n) is 30.6. The average molecular weight is 740 g/mol. The lowest BCUT2D eigenvalue weighted by atomic mass is 10.1. The van der Waals surface area contributed by atoms with Crippen molar-refractivity contribution in [3.63, 3.8) is 0 Å². The molecule has 12 heteroatoms. The van der Waals surface area contributed by atoms with Gasteiger partial charge in [-0.3, -0.25) is 0 Å². The molecule has 0 heterocycles. The number of carbonyl (C=O) groups excluding carboxylic acids is 4. The van der Waals surface area contributed by atoms with Crippen LogP contribution in [-0.4, -0.2) is 68.2 Å². The maximum Gasteiger partial charge on any atom is 0.336 e. The molecule has 12 nitrogen and oxygen atoms in total. The van der Waals surface area contributed by atoms with Crippen molar-refractivity contribution in [2.24, 2.45) is 0 Å². The van der Waals surface area contributed by atoms with Crippen molar-refractivity contribution in [3.05, 3.63) is 121 Å². The first-order chi connectivity index (χ1) is 25.9. The highest BCUT2D eigenvalue weighted by atomic mass is 16.6. The molecule has 284 valence electrons. The molecule has 0 fully saturated rings. The molecule has 1 unspecified atom stereocenters. The van der Waals surface area contributed by atoms with Crippen LogP contribution in [0.5, 0.6) is 23.0 Å². The van der Waals surface area contributed by atoms with Crippen LogP contribution in [0, 0.1) is 5.41 Å². The molecule has 0 aliphatic carbocycles. The molecule has 0 aliphatic heterocycles. The highest BCUT2D eigenvalue weighted by Crippen LogP contribution is 2.24. The summed E-state index contributed by atoms with van der Waals surface area (Å²) < 4.78 is 38.2. The molecular weight excluding hydrogens is 694 g/mol. The van der Waals surface area contributed by atoms with Gasteiger partial charge >= 0.3 is 23.9 Å². The number of rotatable bonds is 21. The van der Waals surface area contributed by atoms with Gasteiger partial charge in [0.2, 0.25) is 0 Å². The Morgan fingerprint density at radius 1 is 0.704 bits per heavy atom. The third kappa shape index (κ3) is 16.4. The average Bonchev–Trinajstić information content (AvgIpc) is 3.15. The first-order valence-corrected chi connectivity index (χ1v) is 17.0. The minimum atomic E-state index is -0.699. The summed E-state index contributed by atoms with van der Waals surface area (Å²) in [6.07, 6.45) is 9.35.